The van der Waals surface area contributed by atoms with Gasteiger partial charge < -0.3 is 10.0 Å². The lowest BCUT2D eigenvalue weighted by Crippen LogP contribution is -2.28. The van der Waals surface area contributed by atoms with Crippen molar-refractivity contribution in [1.82, 2.24) is 0 Å². The Labute approximate surface area is 294 Å². The molecule has 4 N–H and O–H groups in total. The molecular weight excluding hydrogens is 707 g/mol. The quantitative estimate of drug-likeness (QED) is 0.0896. The highest BCUT2D eigenvalue weighted by Gasteiger charge is 2.41. The number of allylic oxidation sites excluding steroid dienone is 8. The number of carboxylic acids is 1. The number of rotatable bonds is 15. The van der Waals surface area contributed by atoms with Gasteiger partial charge in [-0.05, 0) is 90.4 Å². The summed E-state index contributed by atoms with van der Waals surface area (Å²) in [7, 11) is -13.1. The largest absolute Gasteiger partial charge is 0.481 e. The molecule has 4 rings (SSSR count). The van der Waals surface area contributed by atoms with Crippen LogP contribution in [-0.2, 0) is 46.0 Å². The van der Waals surface area contributed by atoms with Crippen LogP contribution in [0.15, 0.2) is 87.8 Å². The molecule has 15 heteroatoms. The van der Waals surface area contributed by atoms with E-state index < -0.39 is 52.9 Å². The third-order valence-electron chi connectivity index (χ3n) is 9.54. The Morgan fingerprint density at radius 3 is 2.02 bits per heavy atom. The fourth-order valence-corrected chi connectivity index (χ4v) is 8.51. The van der Waals surface area contributed by atoms with Crippen molar-refractivity contribution in [3.63, 3.8) is 0 Å². The summed E-state index contributed by atoms with van der Waals surface area (Å²) in [6.07, 6.45) is 11.8. The minimum absolute atomic E-state index is 0.0592. The number of benzene rings is 2. The van der Waals surface area contributed by atoms with Crippen molar-refractivity contribution in [2.75, 3.05) is 17.2 Å². The van der Waals surface area contributed by atoms with Gasteiger partial charge in [-0.3, -0.25) is 18.5 Å². The Bertz CT molecular complexity index is 2130. The highest BCUT2D eigenvalue weighted by molar-refractivity contribution is 7.86. The van der Waals surface area contributed by atoms with Crippen LogP contribution >= 0.6 is 0 Å². The summed E-state index contributed by atoms with van der Waals surface area (Å²) in [5, 5.41) is 9.02. The minimum atomic E-state index is -4.48. The molecule has 0 fully saturated rings. The standard InChI is InChI=1S/C35H43NO11S3/c1-24-27-17-15-25(49(42,43)44)22-29(27)35(4,19-10-6-9-14-33(37)38)28(24)12-7-5-8-13-32-34(2,3)30-23-26(50(45,46)47)16-18-31(30)36(32)20-11-21-48(39,40)41/h5,7-8,12-13,15-18,22-23H,6,9-11,14,19-21H2,1-4H3,(H,37,38)(H,39,40,41)(H,42,43,44)(H,45,46,47)/b8-5+,12-7+,32-13-. The Hall–Kier alpha value is -3.60. The molecule has 2 aromatic carbocycles. The molecule has 1 aliphatic heterocycles. The molecule has 272 valence electrons. The van der Waals surface area contributed by atoms with E-state index in [1.54, 1.807) is 24.3 Å². The first kappa shape index (κ1) is 39.2. The minimum Gasteiger partial charge on any atom is -0.481 e. The zero-order valence-electron chi connectivity index (χ0n) is 28.3. The molecule has 50 heavy (non-hydrogen) atoms. The molecule has 2 aromatic rings. The van der Waals surface area contributed by atoms with Crippen LogP contribution in [0.25, 0.3) is 5.57 Å². The van der Waals surface area contributed by atoms with Gasteiger partial charge in [0.15, 0.2) is 0 Å². The number of aliphatic carboxylic acids is 1. The number of fused-ring (bicyclic) bond motifs is 2. The van der Waals surface area contributed by atoms with Crippen LogP contribution in [0.1, 0.15) is 82.9 Å². The van der Waals surface area contributed by atoms with Gasteiger partial charge in [0.1, 0.15) is 0 Å². The predicted octanol–water partition coefficient (Wildman–Crippen LogP) is 6.33. The van der Waals surface area contributed by atoms with Crippen LogP contribution < -0.4 is 4.90 Å². The number of carbonyl (C=O) groups is 1. The Balaban J connectivity index is 1.67. The van der Waals surface area contributed by atoms with Gasteiger partial charge in [-0.15, -0.1) is 0 Å². The summed E-state index contributed by atoms with van der Waals surface area (Å²) in [5.41, 5.74) is 4.08. The molecule has 12 nitrogen and oxygen atoms in total. The number of carboxylic acid groups (broad SMARTS) is 1. The van der Waals surface area contributed by atoms with Gasteiger partial charge in [0.25, 0.3) is 30.4 Å². The van der Waals surface area contributed by atoms with E-state index in [1.807, 2.05) is 50.8 Å². The Morgan fingerprint density at radius 1 is 0.800 bits per heavy atom. The average Bonchev–Trinajstić information content (AvgIpc) is 3.33. The average molecular weight is 750 g/mol. The van der Waals surface area contributed by atoms with Crippen LogP contribution in [0, 0.1) is 0 Å². The summed E-state index contributed by atoms with van der Waals surface area (Å²) >= 11 is 0. The molecule has 1 unspecified atom stereocenters. The molecule has 0 saturated heterocycles. The second-order valence-corrected chi connectivity index (χ2v) is 17.8. The van der Waals surface area contributed by atoms with Gasteiger partial charge in [0.05, 0.1) is 15.5 Å². The van der Waals surface area contributed by atoms with E-state index in [0.29, 0.717) is 36.9 Å². The smallest absolute Gasteiger partial charge is 0.303 e. The first-order valence-corrected chi connectivity index (χ1v) is 20.5. The van der Waals surface area contributed by atoms with Crippen LogP contribution in [0.2, 0.25) is 0 Å². The van der Waals surface area contributed by atoms with Crippen molar-refractivity contribution in [2.45, 2.75) is 86.8 Å². The van der Waals surface area contributed by atoms with Gasteiger partial charge in [0, 0.05) is 35.2 Å². The van der Waals surface area contributed by atoms with E-state index in [0.717, 1.165) is 28.0 Å². The fraction of sp³-hybridized carbons (Fsp3) is 0.400. The van der Waals surface area contributed by atoms with E-state index >= 15 is 0 Å². The van der Waals surface area contributed by atoms with E-state index in [-0.39, 0.29) is 29.2 Å². The third kappa shape index (κ3) is 8.64. The lowest BCUT2D eigenvalue weighted by atomic mass is 9.75. The van der Waals surface area contributed by atoms with Crippen molar-refractivity contribution in [1.29, 1.82) is 0 Å². The number of hydrogen-bond donors (Lipinski definition) is 4. The lowest BCUT2D eigenvalue weighted by molar-refractivity contribution is -0.137. The second kappa shape index (κ2) is 14.6. The number of unbranched alkanes of at least 4 members (excludes halogenated alkanes) is 2. The maximum absolute atomic E-state index is 12.0. The molecule has 2 aliphatic rings. The number of nitrogens with zero attached hydrogens (tertiary/aromatic N) is 1. The van der Waals surface area contributed by atoms with Crippen molar-refractivity contribution < 1.29 is 48.8 Å². The highest BCUT2D eigenvalue weighted by Crippen LogP contribution is 2.51. The van der Waals surface area contributed by atoms with E-state index in [1.165, 1.54) is 24.3 Å². The SMILES string of the molecule is CC1=C(/C=C/C=C/C=C2\N(CCCS(=O)(=O)O)c3ccc(S(=O)(=O)O)cc3C2(C)C)C(C)(CCCCCC(=O)O)c2cc(S(=O)(=O)O)ccc21. The first-order valence-electron chi connectivity index (χ1n) is 16.0. The van der Waals surface area contributed by atoms with Crippen molar-refractivity contribution in [3.8, 4) is 0 Å². The molecule has 1 aliphatic carbocycles. The number of hydrogen-bond acceptors (Lipinski definition) is 8. The van der Waals surface area contributed by atoms with Gasteiger partial charge in [-0.2, -0.15) is 25.3 Å². The summed E-state index contributed by atoms with van der Waals surface area (Å²) in [4.78, 5) is 12.4. The molecule has 1 heterocycles. The number of anilines is 1. The van der Waals surface area contributed by atoms with E-state index in [9.17, 15) is 43.7 Å². The summed E-state index contributed by atoms with van der Waals surface area (Å²) in [5.74, 6) is -1.33. The highest BCUT2D eigenvalue weighted by atomic mass is 32.2. The van der Waals surface area contributed by atoms with Crippen molar-refractivity contribution in [2.24, 2.45) is 0 Å². The maximum atomic E-state index is 12.0. The van der Waals surface area contributed by atoms with Gasteiger partial charge in [0.2, 0.25) is 0 Å². The Morgan fingerprint density at radius 2 is 1.42 bits per heavy atom. The van der Waals surface area contributed by atoms with Crippen molar-refractivity contribution >= 4 is 47.6 Å². The normalized spacial score (nSPS) is 20.0. The monoisotopic (exact) mass is 749 g/mol. The van der Waals surface area contributed by atoms with Crippen LogP contribution in [0.4, 0.5) is 5.69 Å². The van der Waals surface area contributed by atoms with Gasteiger partial charge >= 0.3 is 5.97 Å². The molecule has 0 spiro atoms. The zero-order chi connectivity index (χ0) is 37.3. The fourth-order valence-electron chi connectivity index (χ4n) is 7.00. The van der Waals surface area contributed by atoms with Gasteiger partial charge in [-0.1, -0.05) is 64.0 Å². The summed E-state index contributed by atoms with van der Waals surface area (Å²) < 4.78 is 99.4. The predicted molar refractivity (Wildman–Crippen MR) is 191 cm³/mol. The van der Waals surface area contributed by atoms with Gasteiger partial charge in [-0.25, -0.2) is 0 Å². The summed E-state index contributed by atoms with van der Waals surface area (Å²) in [6, 6.07) is 8.78. The zero-order valence-corrected chi connectivity index (χ0v) is 30.8. The molecule has 0 bridgehead atoms. The molecule has 0 saturated carbocycles. The van der Waals surface area contributed by atoms with Crippen molar-refractivity contribution in [3.05, 3.63) is 94.7 Å². The summed E-state index contributed by atoms with van der Waals surface area (Å²) in [6.45, 7) is 7.91. The second-order valence-electron chi connectivity index (χ2n) is 13.4. The molecule has 0 radical (unpaired) electrons. The first-order chi connectivity index (χ1) is 23.1. The molecule has 1 atom stereocenters. The van der Waals surface area contributed by atoms with Crippen LogP contribution in [-0.4, -0.2) is 62.3 Å². The topological polar surface area (TPSA) is 204 Å². The molecule has 0 aromatic heterocycles. The molecular formula is C35H43NO11S3. The third-order valence-corrected chi connectivity index (χ3v) is 12.0. The lowest BCUT2D eigenvalue weighted by Gasteiger charge is -2.29. The van der Waals surface area contributed by atoms with E-state index in [2.05, 4.69) is 0 Å². The van der Waals surface area contributed by atoms with E-state index in [4.69, 9.17) is 5.11 Å². The Kier molecular flexibility index (Phi) is 11.4. The van der Waals surface area contributed by atoms with Crippen LogP contribution in [0.5, 0.6) is 0 Å². The van der Waals surface area contributed by atoms with Crippen LogP contribution in [0.3, 0.4) is 0 Å². The molecule has 0 amide bonds. The maximum Gasteiger partial charge on any atom is 0.303 e.